The maximum absolute atomic E-state index is 12.9. The number of anilines is 1. The average Bonchev–Trinajstić information content (AvgIpc) is 3.13. The minimum absolute atomic E-state index is 0.0477. The first-order valence-corrected chi connectivity index (χ1v) is 9.60. The van der Waals surface area contributed by atoms with Crippen molar-refractivity contribution < 1.29 is 9.53 Å². The van der Waals surface area contributed by atoms with Gasteiger partial charge in [-0.2, -0.15) is 5.10 Å². The fourth-order valence-electron chi connectivity index (χ4n) is 3.00. The predicted molar refractivity (Wildman–Crippen MR) is 115 cm³/mol. The topological polar surface area (TPSA) is 91.0 Å². The summed E-state index contributed by atoms with van der Waals surface area (Å²) in [5, 5.41) is 7.73. The molecule has 0 atom stereocenters. The summed E-state index contributed by atoms with van der Waals surface area (Å²) in [6, 6.07) is 13.8. The maximum atomic E-state index is 12.9. The summed E-state index contributed by atoms with van der Waals surface area (Å²) >= 11 is 5.97. The van der Waals surface area contributed by atoms with E-state index in [4.69, 9.17) is 16.3 Å². The molecule has 1 amide bonds. The number of benzene rings is 2. The highest BCUT2D eigenvalue weighted by Gasteiger charge is 2.22. The van der Waals surface area contributed by atoms with E-state index in [-0.39, 0.29) is 22.3 Å². The van der Waals surface area contributed by atoms with Gasteiger partial charge in [-0.05, 0) is 55.5 Å². The third-order valence-corrected chi connectivity index (χ3v) is 4.70. The first-order chi connectivity index (χ1) is 14.5. The van der Waals surface area contributed by atoms with Crippen molar-refractivity contribution in [3.63, 3.8) is 0 Å². The fourth-order valence-corrected chi connectivity index (χ4v) is 3.13. The van der Waals surface area contributed by atoms with E-state index < -0.39 is 5.91 Å². The Bertz CT molecular complexity index is 1280. The number of aryl methyl sites for hydroxylation is 1. The lowest BCUT2D eigenvalue weighted by molar-refractivity contribution is 0.102. The minimum Gasteiger partial charge on any atom is -0.494 e. The Morgan fingerprint density at radius 2 is 1.83 bits per heavy atom. The number of ether oxygens (including phenoxy) is 1. The van der Waals surface area contributed by atoms with Crippen LogP contribution in [0.3, 0.4) is 0 Å². The molecule has 30 heavy (non-hydrogen) atoms. The molecule has 0 aliphatic rings. The summed E-state index contributed by atoms with van der Waals surface area (Å²) in [6.45, 7) is 2.45. The zero-order valence-electron chi connectivity index (χ0n) is 16.3. The first kappa shape index (κ1) is 19.7. The quantitative estimate of drug-likeness (QED) is 0.531. The number of amides is 1. The van der Waals surface area contributed by atoms with Gasteiger partial charge in [0.05, 0.1) is 18.6 Å². The number of aromatic nitrogens is 4. The van der Waals surface area contributed by atoms with Gasteiger partial charge < -0.3 is 14.6 Å². The van der Waals surface area contributed by atoms with Crippen LogP contribution in [0.1, 0.15) is 17.4 Å². The number of fused-ring (bicyclic) bond motifs is 1. The van der Waals surface area contributed by atoms with Crippen LogP contribution in [-0.2, 0) is 7.05 Å². The highest BCUT2D eigenvalue weighted by atomic mass is 35.5. The molecule has 0 fully saturated rings. The van der Waals surface area contributed by atoms with Crippen LogP contribution in [0, 0.1) is 0 Å². The smallest absolute Gasteiger partial charge is 0.279 e. The van der Waals surface area contributed by atoms with Crippen LogP contribution in [0.15, 0.2) is 59.7 Å². The van der Waals surface area contributed by atoms with E-state index in [1.54, 1.807) is 55.6 Å². The summed E-state index contributed by atoms with van der Waals surface area (Å²) in [5.41, 5.74) is 1.32. The Balaban J connectivity index is 1.77. The molecule has 2 heterocycles. The molecule has 0 saturated carbocycles. The van der Waals surface area contributed by atoms with Crippen LogP contribution in [0.4, 0.5) is 5.69 Å². The van der Waals surface area contributed by atoms with E-state index in [9.17, 15) is 9.59 Å². The van der Waals surface area contributed by atoms with Crippen LogP contribution >= 0.6 is 11.6 Å². The molecule has 0 saturated heterocycles. The van der Waals surface area contributed by atoms with Gasteiger partial charge in [-0.25, -0.2) is 9.67 Å². The van der Waals surface area contributed by atoms with E-state index in [0.29, 0.717) is 28.8 Å². The number of carbonyl (C=O) groups excluding carboxylic acids is 1. The predicted octanol–water partition coefficient (Wildman–Crippen LogP) is 3.42. The van der Waals surface area contributed by atoms with Gasteiger partial charge >= 0.3 is 0 Å². The molecule has 0 unspecified atom stereocenters. The van der Waals surface area contributed by atoms with Crippen molar-refractivity contribution in [3.05, 3.63) is 75.9 Å². The van der Waals surface area contributed by atoms with Crippen LogP contribution in [0.25, 0.3) is 16.7 Å². The molecule has 0 aliphatic carbocycles. The largest absolute Gasteiger partial charge is 0.494 e. The molecule has 2 aromatic carbocycles. The molecule has 2 aromatic heterocycles. The second-order valence-electron chi connectivity index (χ2n) is 6.51. The van der Waals surface area contributed by atoms with Crippen molar-refractivity contribution >= 4 is 34.2 Å². The van der Waals surface area contributed by atoms with Crippen LogP contribution in [0.2, 0.25) is 5.02 Å². The molecule has 1 N–H and O–H groups in total. The highest BCUT2D eigenvalue weighted by Crippen LogP contribution is 2.21. The van der Waals surface area contributed by atoms with Crippen LogP contribution in [-0.4, -0.2) is 31.8 Å². The summed E-state index contributed by atoms with van der Waals surface area (Å²) < 4.78 is 8.16. The number of rotatable bonds is 5. The Kier molecular flexibility index (Phi) is 5.24. The Hall–Kier alpha value is -3.65. The molecule has 4 rings (SSSR count). The maximum Gasteiger partial charge on any atom is 0.279 e. The van der Waals surface area contributed by atoms with Gasteiger partial charge in [0.25, 0.3) is 11.5 Å². The van der Waals surface area contributed by atoms with Crippen LogP contribution < -0.4 is 15.6 Å². The molecule has 0 spiro atoms. The molecule has 9 heteroatoms. The normalized spacial score (nSPS) is 10.9. The van der Waals surface area contributed by atoms with Crippen molar-refractivity contribution in [1.82, 2.24) is 19.3 Å². The fraction of sp³-hybridized carbons (Fsp3) is 0.143. The number of halogens is 1. The number of nitrogens with one attached hydrogen (secondary N) is 1. The van der Waals surface area contributed by atoms with E-state index in [1.165, 1.54) is 15.6 Å². The standard InChI is InChI=1S/C21H18ClN5O3/c1-3-30-16-10-6-14(7-11-16)24-20(28)18-17-19(21(29)26(2)12-23-17)27(25-18)15-8-4-13(22)5-9-15/h4-12H,3H2,1-2H3,(H,24,28). The third-order valence-electron chi connectivity index (χ3n) is 4.45. The Morgan fingerprint density at radius 3 is 2.50 bits per heavy atom. The van der Waals surface area contributed by atoms with Gasteiger partial charge in [0.1, 0.15) is 11.3 Å². The lowest BCUT2D eigenvalue weighted by atomic mass is 10.2. The van der Waals surface area contributed by atoms with Gasteiger partial charge in [0.2, 0.25) is 0 Å². The molecule has 0 aliphatic heterocycles. The Morgan fingerprint density at radius 1 is 1.13 bits per heavy atom. The van der Waals surface area contributed by atoms with Gasteiger partial charge in [0, 0.05) is 17.8 Å². The number of carbonyl (C=O) groups is 1. The lowest BCUT2D eigenvalue weighted by Crippen LogP contribution is -2.19. The van der Waals surface area contributed by atoms with E-state index >= 15 is 0 Å². The number of hydrogen-bond acceptors (Lipinski definition) is 5. The molecule has 152 valence electrons. The molecule has 0 radical (unpaired) electrons. The first-order valence-electron chi connectivity index (χ1n) is 9.22. The second-order valence-corrected chi connectivity index (χ2v) is 6.94. The summed E-state index contributed by atoms with van der Waals surface area (Å²) in [4.78, 5) is 30.0. The number of hydrogen-bond donors (Lipinski definition) is 1. The Labute approximate surface area is 176 Å². The van der Waals surface area contributed by atoms with Crippen molar-refractivity contribution in [2.75, 3.05) is 11.9 Å². The molecular weight excluding hydrogens is 406 g/mol. The van der Waals surface area contributed by atoms with Crippen LogP contribution in [0.5, 0.6) is 5.75 Å². The number of nitrogens with zero attached hydrogens (tertiary/aromatic N) is 4. The lowest BCUT2D eigenvalue weighted by Gasteiger charge is -2.06. The van der Waals surface area contributed by atoms with Crippen molar-refractivity contribution in [1.29, 1.82) is 0 Å². The monoisotopic (exact) mass is 423 g/mol. The van der Waals surface area contributed by atoms with Gasteiger partial charge in [0.15, 0.2) is 11.2 Å². The van der Waals surface area contributed by atoms with Crippen molar-refractivity contribution in [2.45, 2.75) is 6.92 Å². The van der Waals surface area contributed by atoms with E-state index in [1.807, 2.05) is 6.92 Å². The van der Waals surface area contributed by atoms with Crippen molar-refractivity contribution in [3.8, 4) is 11.4 Å². The molecule has 8 nitrogen and oxygen atoms in total. The molecule has 4 aromatic rings. The van der Waals surface area contributed by atoms with Gasteiger partial charge in [-0.3, -0.25) is 9.59 Å². The zero-order valence-corrected chi connectivity index (χ0v) is 17.1. The SMILES string of the molecule is CCOc1ccc(NC(=O)c2nn(-c3ccc(Cl)cc3)c3c(=O)n(C)cnc23)cc1. The molecular formula is C21H18ClN5O3. The van der Waals surface area contributed by atoms with Crippen molar-refractivity contribution in [2.24, 2.45) is 7.05 Å². The van der Waals surface area contributed by atoms with Gasteiger partial charge in [-0.15, -0.1) is 0 Å². The summed E-state index contributed by atoms with van der Waals surface area (Å²) in [6.07, 6.45) is 1.37. The highest BCUT2D eigenvalue weighted by molar-refractivity contribution is 6.30. The van der Waals surface area contributed by atoms with E-state index in [2.05, 4.69) is 15.4 Å². The molecule has 0 bridgehead atoms. The zero-order chi connectivity index (χ0) is 21.3. The minimum atomic E-state index is -0.474. The summed E-state index contributed by atoms with van der Waals surface area (Å²) in [5.74, 6) is 0.232. The second kappa shape index (κ2) is 8.00. The average molecular weight is 424 g/mol. The van der Waals surface area contributed by atoms with Gasteiger partial charge in [-0.1, -0.05) is 11.6 Å². The van der Waals surface area contributed by atoms with E-state index in [0.717, 1.165) is 0 Å². The summed E-state index contributed by atoms with van der Waals surface area (Å²) in [7, 11) is 1.59. The third kappa shape index (κ3) is 3.65.